The molecule has 8 heteroatoms. The van der Waals surface area contributed by atoms with Crippen molar-refractivity contribution in [3.8, 4) is 0 Å². The summed E-state index contributed by atoms with van der Waals surface area (Å²) in [5.41, 5.74) is 1.27. The normalized spacial score (nSPS) is 35.5. The first kappa shape index (κ1) is 14.1. The second-order valence-corrected chi connectivity index (χ2v) is 7.82. The molecule has 0 aliphatic carbocycles. The number of hydrogen-bond donors (Lipinski definition) is 0. The summed E-state index contributed by atoms with van der Waals surface area (Å²) in [5.74, 6) is -3.25. The predicted molar refractivity (Wildman–Crippen MR) is 71.6 cm³/mol. The molecule has 0 saturated carbocycles. The van der Waals surface area contributed by atoms with Gasteiger partial charge in [-0.05, 0) is 5.56 Å². The monoisotopic (exact) mass is 324 g/mol. The Labute approximate surface area is 126 Å². The summed E-state index contributed by atoms with van der Waals surface area (Å²) in [5, 5.41) is -1.63. The third-order valence-corrected chi connectivity index (χ3v) is 7.08. The first-order valence-electron chi connectivity index (χ1n) is 6.74. The third kappa shape index (κ3) is 1.32. The van der Waals surface area contributed by atoms with E-state index in [0.717, 1.165) is 0 Å². The zero-order chi connectivity index (χ0) is 15.7. The van der Waals surface area contributed by atoms with E-state index in [1.54, 1.807) is 24.3 Å². The van der Waals surface area contributed by atoms with Crippen molar-refractivity contribution in [3.63, 3.8) is 0 Å². The topological polar surface area (TPSA) is 88.1 Å². The van der Waals surface area contributed by atoms with Crippen molar-refractivity contribution in [1.82, 2.24) is 0 Å². The van der Waals surface area contributed by atoms with Gasteiger partial charge in [0.05, 0.1) is 6.10 Å². The largest absolute Gasteiger partial charge is 0.393 e. The Hall–Kier alpha value is -1.53. The lowest BCUT2D eigenvalue weighted by molar-refractivity contribution is -0.159. The number of fused-ring (bicyclic) bond motifs is 8. The maximum absolute atomic E-state index is 13.2. The number of hydrogen-bond acceptors (Lipinski definition) is 7. The van der Waals surface area contributed by atoms with Gasteiger partial charge in [-0.1, -0.05) is 24.3 Å². The van der Waals surface area contributed by atoms with E-state index >= 15 is 0 Å². The molecule has 0 amide bonds. The Morgan fingerprint density at radius 2 is 1.82 bits per heavy atom. The highest BCUT2D eigenvalue weighted by atomic mass is 31.2. The summed E-state index contributed by atoms with van der Waals surface area (Å²) in [4.78, 5) is 24.2. The van der Waals surface area contributed by atoms with Crippen LogP contribution in [-0.4, -0.2) is 26.2 Å². The molecule has 0 spiro atoms. The van der Waals surface area contributed by atoms with Crippen LogP contribution in [0.15, 0.2) is 24.3 Å². The van der Waals surface area contributed by atoms with E-state index < -0.39 is 42.8 Å². The highest BCUT2D eigenvalue weighted by molar-refractivity contribution is 7.55. The molecule has 7 nitrogen and oxygen atoms in total. The van der Waals surface area contributed by atoms with Crippen molar-refractivity contribution in [2.45, 2.75) is 11.4 Å². The van der Waals surface area contributed by atoms with E-state index in [9.17, 15) is 14.2 Å². The van der Waals surface area contributed by atoms with Crippen molar-refractivity contribution in [1.29, 1.82) is 0 Å². The summed E-state index contributed by atoms with van der Waals surface area (Å²) in [6.07, 6.45) is -0.682. The minimum atomic E-state index is -3.86. The standard InChI is InChI=1S/C14H13O7P/c1-18-22(17,19-2)14-8-6-4-3-5-7(8)11(21-14)9-10(14)13(16)20-12(9)15/h3-6,9-11H,1-2H3/t9?,10?,11-,14-/m0/s1. The molecule has 2 saturated heterocycles. The average molecular weight is 324 g/mol. The molecule has 2 unspecified atom stereocenters. The molecule has 22 heavy (non-hydrogen) atoms. The van der Waals surface area contributed by atoms with Crippen LogP contribution in [0.1, 0.15) is 17.2 Å². The molecular formula is C14H13O7P. The second-order valence-electron chi connectivity index (χ2n) is 5.43. The fourth-order valence-corrected chi connectivity index (χ4v) is 5.88. The van der Waals surface area contributed by atoms with Crippen LogP contribution in [0.3, 0.4) is 0 Å². The van der Waals surface area contributed by atoms with E-state index in [-0.39, 0.29) is 0 Å². The fourth-order valence-electron chi connectivity index (χ4n) is 3.84. The lowest BCUT2D eigenvalue weighted by Crippen LogP contribution is -2.38. The van der Waals surface area contributed by atoms with Crippen molar-refractivity contribution < 1.29 is 32.7 Å². The highest BCUT2D eigenvalue weighted by Crippen LogP contribution is 2.78. The first-order chi connectivity index (χ1) is 10.5. The van der Waals surface area contributed by atoms with Crippen LogP contribution >= 0.6 is 7.60 Å². The minimum Gasteiger partial charge on any atom is -0.393 e. The van der Waals surface area contributed by atoms with Crippen molar-refractivity contribution in [3.05, 3.63) is 35.4 Å². The van der Waals surface area contributed by atoms with Crippen LogP contribution in [0.4, 0.5) is 0 Å². The maximum atomic E-state index is 13.2. The minimum absolute atomic E-state index is 0.555. The van der Waals surface area contributed by atoms with Crippen molar-refractivity contribution >= 4 is 19.5 Å². The zero-order valence-electron chi connectivity index (χ0n) is 11.8. The molecule has 2 fully saturated rings. The van der Waals surface area contributed by atoms with Crippen LogP contribution in [0, 0.1) is 11.8 Å². The smallest absolute Gasteiger partial charge is 0.367 e. The number of carbonyl (C=O) groups is 2. The van der Waals surface area contributed by atoms with Gasteiger partial charge in [0.25, 0.3) is 0 Å². The van der Waals surface area contributed by atoms with Crippen LogP contribution < -0.4 is 0 Å². The van der Waals surface area contributed by atoms with Crippen LogP contribution in [0.5, 0.6) is 0 Å². The SMILES string of the molecule is COP(=O)(OC)[C@@]12O[C@@H](c3ccccc31)C1C(=O)OC(=O)C12. The predicted octanol–water partition coefficient (Wildman–Crippen LogP) is 1.73. The molecule has 4 atom stereocenters. The number of rotatable bonds is 3. The summed E-state index contributed by atoms with van der Waals surface area (Å²) < 4.78 is 34.2. The van der Waals surface area contributed by atoms with E-state index in [1.807, 2.05) is 0 Å². The lowest BCUT2D eigenvalue weighted by atomic mass is 9.77. The fraction of sp³-hybridized carbons (Fsp3) is 0.429. The lowest BCUT2D eigenvalue weighted by Gasteiger charge is -2.35. The van der Waals surface area contributed by atoms with Crippen molar-refractivity contribution in [2.75, 3.05) is 14.2 Å². The number of esters is 2. The zero-order valence-corrected chi connectivity index (χ0v) is 12.7. The van der Waals surface area contributed by atoms with Gasteiger partial charge in [-0.25, -0.2) is 0 Å². The molecule has 116 valence electrons. The molecule has 1 aromatic carbocycles. The summed E-state index contributed by atoms with van der Waals surface area (Å²) in [7, 11) is -1.40. The summed E-state index contributed by atoms with van der Waals surface area (Å²) >= 11 is 0. The van der Waals surface area contributed by atoms with E-state index in [1.165, 1.54) is 14.2 Å². The second kappa shape index (κ2) is 4.26. The number of benzene rings is 1. The Morgan fingerprint density at radius 1 is 1.14 bits per heavy atom. The van der Waals surface area contributed by atoms with Crippen molar-refractivity contribution in [2.24, 2.45) is 11.8 Å². The van der Waals surface area contributed by atoms with Gasteiger partial charge in [-0.2, -0.15) is 0 Å². The van der Waals surface area contributed by atoms with Gasteiger partial charge in [-0.3, -0.25) is 14.2 Å². The summed E-state index contributed by atoms with van der Waals surface area (Å²) in [6, 6.07) is 7.03. The molecule has 3 aliphatic rings. The van der Waals surface area contributed by atoms with Gasteiger partial charge in [0.2, 0.25) is 5.34 Å². The van der Waals surface area contributed by atoms with E-state index in [2.05, 4.69) is 0 Å². The van der Waals surface area contributed by atoms with Gasteiger partial charge in [0.15, 0.2) is 0 Å². The van der Waals surface area contributed by atoms with E-state index in [0.29, 0.717) is 11.1 Å². The summed E-state index contributed by atoms with van der Waals surface area (Å²) in [6.45, 7) is 0. The number of carbonyl (C=O) groups excluding carboxylic acids is 2. The average Bonchev–Trinajstić information content (AvgIpc) is 3.16. The van der Waals surface area contributed by atoms with Gasteiger partial charge in [-0.15, -0.1) is 0 Å². The maximum Gasteiger partial charge on any atom is 0.367 e. The molecule has 0 N–H and O–H groups in total. The highest BCUT2D eigenvalue weighted by Gasteiger charge is 2.78. The molecule has 4 rings (SSSR count). The number of ether oxygens (including phenoxy) is 2. The van der Waals surface area contributed by atoms with Gasteiger partial charge >= 0.3 is 19.5 Å². The van der Waals surface area contributed by atoms with Crippen LogP contribution in [-0.2, 0) is 38.0 Å². The molecule has 3 aliphatic heterocycles. The first-order valence-corrected chi connectivity index (χ1v) is 8.29. The quantitative estimate of drug-likeness (QED) is 0.475. The third-order valence-electron chi connectivity index (χ3n) is 4.68. The van der Waals surface area contributed by atoms with Gasteiger partial charge < -0.3 is 18.5 Å². The molecule has 0 aromatic heterocycles. The Morgan fingerprint density at radius 3 is 2.50 bits per heavy atom. The Bertz CT molecular complexity index is 736. The van der Waals surface area contributed by atoms with Crippen LogP contribution in [0.2, 0.25) is 0 Å². The molecular weight excluding hydrogens is 311 g/mol. The van der Waals surface area contributed by atoms with Gasteiger partial charge in [0, 0.05) is 19.8 Å². The molecule has 0 radical (unpaired) electrons. The number of cyclic esters (lactones) is 2. The van der Waals surface area contributed by atoms with E-state index in [4.69, 9.17) is 18.5 Å². The Kier molecular flexibility index (Phi) is 2.73. The van der Waals surface area contributed by atoms with Gasteiger partial charge in [0.1, 0.15) is 11.8 Å². The molecule has 1 aromatic rings. The van der Waals surface area contributed by atoms with Crippen LogP contribution in [0.25, 0.3) is 0 Å². The molecule has 3 heterocycles. The molecule has 2 bridgehead atoms. The Balaban J connectivity index is 2.04.